The molecule has 4 rings (SSSR count). The number of nitriles is 1. The standard InChI is InChI=1S/C22H25N7S/c1-3-28(4-2)18-10-8-17(9-11-18)25-26-22-19-14-16(15-23)21(24-20(19)27-30-22)29-12-6-5-7-13-29/h8-11,14H,3-7,12-13H2,1-2H3. The average Bonchev–Trinajstić information content (AvgIpc) is 3.21. The van der Waals surface area contributed by atoms with E-state index in [2.05, 4.69) is 56.5 Å². The minimum absolute atomic E-state index is 0.574. The normalized spacial score (nSPS) is 14.4. The fourth-order valence-electron chi connectivity index (χ4n) is 3.78. The van der Waals surface area contributed by atoms with Gasteiger partial charge in [0.05, 0.1) is 16.6 Å². The largest absolute Gasteiger partial charge is 0.372 e. The van der Waals surface area contributed by atoms with Gasteiger partial charge in [0, 0.05) is 31.9 Å². The fourth-order valence-corrected chi connectivity index (χ4v) is 4.42. The summed E-state index contributed by atoms with van der Waals surface area (Å²) in [6.07, 6.45) is 3.50. The van der Waals surface area contributed by atoms with E-state index in [0.29, 0.717) is 16.2 Å². The molecule has 0 saturated carbocycles. The lowest BCUT2D eigenvalue weighted by Gasteiger charge is -2.28. The summed E-state index contributed by atoms with van der Waals surface area (Å²) in [4.78, 5) is 9.17. The number of aromatic nitrogens is 2. The van der Waals surface area contributed by atoms with Crippen molar-refractivity contribution in [3.05, 3.63) is 35.9 Å². The van der Waals surface area contributed by atoms with Crippen LogP contribution in [0, 0.1) is 11.3 Å². The van der Waals surface area contributed by atoms with E-state index in [0.717, 1.165) is 55.9 Å². The lowest BCUT2D eigenvalue weighted by atomic mass is 10.1. The number of pyridine rings is 1. The minimum Gasteiger partial charge on any atom is -0.372 e. The van der Waals surface area contributed by atoms with Crippen molar-refractivity contribution in [1.82, 2.24) is 9.36 Å². The molecule has 1 aliphatic heterocycles. The SMILES string of the molecule is CCN(CC)c1ccc(N=Nc2snc3nc(N4CCCCC4)c(C#N)cc23)cc1. The molecule has 0 N–H and O–H groups in total. The maximum atomic E-state index is 9.66. The van der Waals surface area contributed by atoms with E-state index in [-0.39, 0.29) is 0 Å². The number of hydrogen-bond acceptors (Lipinski definition) is 8. The number of anilines is 2. The summed E-state index contributed by atoms with van der Waals surface area (Å²) in [5.41, 5.74) is 3.16. The van der Waals surface area contributed by atoms with Crippen molar-refractivity contribution in [1.29, 1.82) is 5.26 Å². The van der Waals surface area contributed by atoms with Crippen LogP contribution in [0.15, 0.2) is 40.6 Å². The van der Waals surface area contributed by atoms with E-state index in [4.69, 9.17) is 4.98 Å². The van der Waals surface area contributed by atoms with Gasteiger partial charge in [-0.2, -0.15) is 9.64 Å². The predicted molar refractivity (Wildman–Crippen MR) is 122 cm³/mol. The van der Waals surface area contributed by atoms with Crippen molar-refractivity contribution in [3.8, 4) is 6.07 Å². The zero-order valence-electron chi connectivity index (χ0n) is 17.4. The minimum atomic E-state index is 0.574. The lowest BCUT2D eigenvalue weighted by molar-refractivity contribution is 0.573. The molecule has 2 aromatic heterocycles. The first-order valence-corrected chi connectivity index (χ1v) is 11.2. The Morgan fingerprint density at radius 3 is 2.50 bits per heavy atom. The molecule has 7 nitrogen and oxygen atoms in total. The predicted octanol–water partition coefficient (Wildman–Crippen LogP) is 5.81. The van der Waals surface area contributed by atoms with Crippen molar-refractivity contribution < 1.29 is 0 Å². The number of piperidine rings is 1. The highest BCUT2D eigenvalue weighted by Crippen LogP contribution is 2.35. The third-order valence-corrected chi connectivity index (χ3v) is 6.18. The molecule has 154 valence electrons. The van der Waals surface area contributed by atoms with Crippen LogP contribution in [0.5, 0.6) is 0 Å². The topological polar surface area (TPSA) is 80.8 Å². The van der Waals surface area contributed by atoms with E-state index in [9.17, 15) is 5.26 Å². The van der Waals surface area contributed by atoms with Crippen LogP contribution in [0.1, 0.15) is 38.7 Å². The molecule has 0 unspecified atom stereocenters. The van der Waals surface area contributed by atoms with Crippen molar-refractivity contribution in [3.63, 3.8) is 0 Å². The number of benzene rings is 1. The number of rotatable bonds is 6. The zero-order chi connectivity index (χ0) is 20.9. The molecule has 1 aliphatic rings. The van der Waals surface area contributed by atoms with Gasteiger partial charge in [0.2, 0.25) is 0 Å². The van der Waals surface area contributed by atoms with Gasteiger partial charge in [-0.3, -0.25) is 0 Å². The third-order valence-electron chi connectivity index (χ3n) is 5.44. The van der Waals surface area contributed by atoms with Crippen LogP contribution in [0.3, 0.4) is 0 Å². The molecular weight excluding hydrogens is 394 g/mol. The Morgan fingerprint density at radius 2 is 1.83 bits per heavy atom. The molecule has 1 aromatic carbocycles. The molecular formula is C22H25N7S. The number of azo groups is 1. The van der Waals surface area contributed by atoms with E-state index in [1.165, 1.54) is 23.6 Å². The molecule has 1 fully saturated rings. The first kappa shape index (κ1) is 20.2. The number of hydrogen-bond donors (Lipinski definition) is 0. The Labute approximate surface area is 180 Å². The van der Waals surface area contributed by atoms with Gasteiger partial charge in [-0.25, -0.2) is 4.98 Å². The van der Waals surface area contributed by atoms with E-state index in [1.807, 2.05) is 18.2 Å². The Kier molecular flexibility index (Phi) is 6.19. The summed E-state index contributed by atoms with van der Waals surface area (Å²) in [7, 11) is 0. The zero-order valence-corrected chi connectivity index (χ0v) is 18.2. The summed E-state index contributed by atoms with van der Waals surface area (Å²) in [6, 6.07) is 12.2. The van der Waals surface area contributed by atoms with Crippen molar-refractivity contribution >= 4 is 44.8 Å². The third kappa shape index (κ3) is 4.12. The maximum absolute atomic E-state index is 9.66. The van der Waals surface area contributed by atoms with E-state index < -0.39 is 0 Å². The highest BCUT2D eigenvalue weighted by atomic mass is 32.1. The molecule has 1 saturated heterocycles. The van der Waals surface area contributed by atoms with Crippen LogP contribution in [0.25, 0.3) is 11.0 Å². The maximum Gasteiger partial charge on any atom is 0.177 e. The van der Waals surface area contributed by atoms with Gasteiger partial charge in [0.1, 0.15) is 11.9 Å². The fraction of sp³-hybridized carbons (Fsp3) is 0.409. The Morgan fingerprint density at radius 1 is 1.10 bits per heavy atom. The van der Waals surface area contributed by atoms with Crippen molar-refractivity contribution in [2.45, 2.75) is 33.1 Å². The van der Waals surface area contributed by atoms with Crippen LogP contribution < -0.4 is 9.80 Å². The molecule has 8 heteroatoms. The second kappa shape index (κ2) is 9.18. The highest BCUT2D eigenvalue weighted by molar-refractivity contribution is 7.11. The molecule has 3 aromatic rings. The van der Waals surface area contributed by atoms with Gasteiger partial charge >= 0.3 is 0 Å². The highest BCUT2D eigenvalue weighted by Gasteiger charge is 2.19. The molecule has 0 spiro atoms. The quantitative estimate of drug-likeness (QED) is 0.471. The molecule has 0 radical (unpaired) electrons. The molecule has 0 bridgehead atoms. The van der Waals surface area contributed by atoms with Gasteiger partial charge in [0.25, 0.3) is 0 Å². The van der Waals surface area contributed by atoms with Crippen LogP contribution in [0.2, 0.25) is 0 Å². The van der Waals surface area contributed by atoms with Gasteiger partial charge < -0.3 is 9.80 Å². The summed E-state index contributed by atoms with van der Waals surface area (Å²) >= 11 is 1.26. The molecule has 0 atom stereocenters. The molecule has 3 heterocycles. The van der Waals surface area contributed by atoms with Crippen LogP contribution in [0.4, 0.5) is 22.2 Å². The summed E-state index contributed by atoms with van der Waals surface area (Å²) in [5, 5.41) is 19.9. The first-order chi connectivity index (χ1) is 14.7. The van der Waals surface area contributed by atoms with Crippen LogP contribution in [-0.4, -0.2) is 35.5 Å². The Bertz CT molecular complexity index is 1070. The lowest BCUT2D eigenvalue weighted by Crippen LogP contribution is -2.30. The number of fused-ring (bicyclic) bond motifs is 1. The summed E-state index contributed by atoms with van der Waals surface area (Å²) < 4.78 is 4.46. The van der Waals surface area contributed by atoms with Crippen LogP contribution >= 0.6 is 11.5 Å². The summed E-state index contributed by atoms with van der Waals surface area (Å²) in [6.45, 7) is 8.11. The Balaban J connectivity index is 1.60. The summed E-state index contributed by atoms with van der Waals surface area (Å²) in [5.74, 6) is 0.741. The van der Waals surface area contributed by atoms with Gasteiger partial charge in [-0.05, 0) is 75.0 Å². The van der Waals surface area contributed by atoms with Gasteiger partial charge in [0.15, 0.2) is 10.6 Å². The van der Waals surface area contributed by atoms with Crippen molar-refractivity contribution in [2.75, 3.05) is 36.0 Å². The van der Waals surface area contributed by atoms with E-state index >= 15 is 0 Å². The van der Waals surface area contributed by atoms with Crippen molar-refractivity contribution in [2.24, 2.45) is 10.2 Å². The van der Waals surface area contributed by atoms with Gasteiger partial charge in [-0.1, -0.05) is 0 Å². The smallest absolute Gasteiger partial charge is 0.177 e. The average molecular weight is 420 g/mol. The molecule has 30 heavy (non-hydrogen) atoms. The number of nitrogens with zero attached hydrogens (tertiary/aromatic N) is 7. The second-order valence-corrected chi connectivity index (χ2v) is 8.02. The van der Waals surface area contributed by atoms with Gasteiger partial charge in [-0.15, -0.1) is 10.2 Å². The van der Waals surface area contributed by atoms with E-state index in [1.54, 1.807) is 0 Å². The Hall–Kier alpha value is -3.05. The van der Waals surface area contributed by atoms with Crippen LogP contribution in [-0.2, 0) is 0 Å². The first-order valence-electron chi connectivity index (χ1n) is 10.5. The monoisotopic (exact) mass is 419 g/mol. The second-order valence-electron chi connectivity index (χ2n) is 7.27. The molecule has 0 amide bonds. The molecule has 0 aliphatic carbocycles.